The number of benzene rings is 2. The highest BCUT2D eigenvalue weighted by Gasteiger charge is 2.12. The van der Waals surface area contributed by atoms with Crippen molar-refractivity contribution in [2.75, 3.05) is 26.2 Å². The normalized spacial score (nSPS) is 15.1. The van der Waals surface area contributed by atoms with Crippen molar-refractivity contribution in [3.63, 3.8) is 0 Å². The van der Waals surface area contributed by atoms with E-state index in [0.717, 1.165) is 30.9 Å². The SMILES string of the molecule is Cc1cc(C(=O)c2ccc(F)cc2)ccc1OCCN1CCCCC1. The summed E-state index contributed by atoms with van der Waals surface area (Å²) >= 11 is 0. The summed E-state index contributed by atoms with van der Waals surface area (Å²) in [5.41, 5.74) is 2.01. The molecular weight excluding hydrogens is 317 g/mol. The molecule has 2 aromatic rings. The van der Waals surface area contributed by atoms with E-state index in [1.54, 1.807) is 6.07 Å². The van der Waals surface area contributed by atoms with Gasteiger partial charge in [-0.2, -0.15) is 0 Å². The lowest BCUT2D eigenvalue weighted by Gasteiger charge is -2.26. The van der Waals surface area contributed by atoms with Gasteiger partial charge in [0.1, 0.15) is 18.2 Å². The van der Waals surface area contributed by atoms with Gasteiger partial charge in [0.15, 0.2) is 5.78 Å². The first-order chi connectivity index (χ1) is 12.1. The van der Waals surface area contributed by atoms with E-state index in [2.05, 4.69) is 4.90 Å². The molecule has 0 aromatic heterocycles. The van der Waals surface area contributed by atoms with Crippen LogP contribution in [0.25, 0.3) is 0 Å². The van der Waals surface area contributed by atoms with E-state index in [1.165, 1.54) is 43.5 Å². The number of carbonyl (C=O) groups is 1. The number of nitrogens with zero attached hydrogens (tertiary/aromatic N) is 1. The van der Waals surface area contributed by atoms with Crippen molar-refractivity contribution in [3.8, 4) is 5.75 Å². The smallest absolute Gasteiger partial charge is 0.193 e. The zero-order valence-electron chi connectivity index (χ0n) is 14.6. The highest BCUT2D eigenvalue weighted by molar-refractivity contribution is 6.09. The largest absolute Gasteiger partial charge is 0.492 e. The topological polar surface area (TPSA) is 29.5 Å². The summed E-state index contributed by atoms with van der Waals surface area (Å²) in [7, 11) is 0. The van der Waals surface area contributed by atoms with Crippen molar-refractivity contribution in [1.29, 1.82) is 0 Å². The van der Waals surface area contributed by atoms with Crippen LogP contribution in [-0.4, -0.2) is 36.9 Å². The van der Waals surface area contributed by atoms with Gasteiger partial charge in [0.05, 0.1) is 0 Å². The predicted molar refractivity (Wildman–Crippen MR) is 96.8 cm³/mol. The number of likely N-dealkylation sites (tertiary alicyclic amines) is 1. The molecule has 0 saturated carbocycles. The first-order valence-electron chi connectivity index (χ1n) is 8.89. The summed E-state index contributed by atoms with van der Waals surface area (Å²) in [6, 6.07) is 11.1. The van der Waals surface area contributed by atoms with Gasteiger partial charge in [-0.1, -0.05) is 6.42 Å². The van der Waals surface area contributed by atoms with Crippen LogP contribution in [0, 0.1) is 12.7 Å². The van der Waals surface area contributed by atoms with E-state index >= 15 is 0 Å². The second-order valence-electron chi connectivity index (χ2n) is 6.57. The number of rotatable bonds is 6. The van der Waals surface area contributed by atoms with Crippen LogP contribution in [0.3, 0.4) is 0 Å². The number of piperidine rings is 1. The zero-order chi connectivity index (χ0) is 17.6. The Bertz CT molecular complexity index is 721. The third-order valence-electron chi connectivity index (χ3n) is 4.66. The molecule has 3 rings (SSSR count). The average molecular weight is 341 g/mol. The van der Waals surface area contributed by atoms with E-state index in [-0.39, 0.29) is 11.6 Å². The van der Waals surface area contributed by atoms with Crippen LogP contribution in [0.1, 0.15) is 40.7 Å². The molecule has 1 aliphatic rings. The van der Waals surface area contributed by atoms with E-state index in [4.69, 9.17) is 4.74 Å². The standard InChI is InChI=1S/C21H24FNO2/c1-16-15-18(21(24)17-5-8-19(22)9-6-17)7-10-20(16)25-14-13-23-11-3-2-4-12-23/h5-10,15H,2-4,11-14H2,1H3. The van der Waals surface area contributed by atoms with Crippen molar-refractivity contribution in [2.45, 2.75) is 26.2 Å². The molecule has 25 heavy (non-hydrogen) atoms. The average Bonchev–Trinajstić information content (AvgIpc) is 2.64. The van der Waals surface area contributed by atoms with Gasteiger partial charge < -0.3 is 4.74 Å². The fourth-order valence-electron chi connectivity index (χ4n) is 3.19. The van der Waals surface area contributed by atoms with E-state index < -0.39 is 0 Å². The van der Waals surface area contributed by atoms with Crippen LogP contribution < -0.4 is 4.74 Å². The molecule has 4 heteroatoms. The maximum atomic E-state index is 13.0. The van der Waals surface area contributed by atoms with Gasteiger partial charge in [0.2, 0.25) is 0 Å². The van der Waals surface area contributed by atoms with Crippen molar-refractivity contribution >= 4 is 5.78 Å². The predicted octanol–water partition coefficient (Wildman–Crippen LogP) is 4.23. The van der Waals surface area contributed by atoms with Gasteiger partial charge in [0.25, 0.3) is 0 Å². The number of carbonyl (C=O) groups excluding carboxylic acids is 1. The molecule has 1 heterocycles. The lowest BCUT2D eigenvalue weighted by molar-refractivity contribution is 0.103. The molecule has 1 aliphatic heterocycles. The van der Waals surface area contributed by atoms with Crippen LogP contribution in [-0.2, 0) is 0 Å². The lowest BCUT2D eigenvalue weighted by Crippen LogP contribution is -2.33. The molecule has 3 nitrogen and oxygen atoms in total. The molecule has 0 spiro atoms. The maximum absolute atomic E-state index is 13.0. The Balaban J connectivity index is 1.60. The molecular formula is C21H24FNO2. The monoisotopic (exact) mass is 341 g/mol. The number of ether oxygens (including phenoxy) is 1. The molecule has 0 N–H and O–H groups in total. The van der Waals surface area contributed by atoms with E-state index in [1.807, 2.05) is 19.1 Å². The Morgan fingerprint density at radius 3 is 2.40 bits per heavy atom. The second-order valence-corrected chi connectivity index (χ2v) is 6.57. The third-order valence-corrected chi connectivity index (χ3v) is 4.66. The van der Waals surface area contributed by atoms with Crippen molar-refractivity contribution in [2.24, 2.45) is 0 Å². The van der Waals surface area contributed by atoms with Crippen molar-refractivity contribution in [1.82, 2.24) is 4.90 Å². The van der Waals surface area contributed by atoms with E-state index in [0.29, 0.717) is 17.7 Å². The molecule has 1 fully saturated rings. The first-order valence-corrected chi connectivity index (χ1v) is 8.89. The lowest BCUT2D eigenvalue weighted by atomic mass is 10.0. The summed E-state index contributed by atoms with van der Waals surface area (Å²) in [5, 5.41) is 0. The number of hydrogen-bond acceptors (Lipinski definition) is 3. The fourth-order valence-corrected chi connectivity index (χ4v) is 3.19. The number of ketones is 1. The Kier molecular flexibility index (Phi) is 5.82. The number of halogens is 1. The van der Waals surface area contributed by atoms with Gasteiger partial charge in [0, 0.05) is 17.7 Å². The van der Waals surface area contributed by atoms with Gasteiger partial charge in [-0.25, -0.2) is 4.39 Å². The summed E-state index contributed by atoms with van der Waals surface area (Å²) < 4.78 is 18.9. The van der Waals surface area contributed by atoms with Crippen molar-refractivity contribution < 1.29 is 13.9 Å². The van der Waals surface area contributed by atoms with Gasteiger partial charge in [-0.05, 0) is 80.9 Å². The third kappa shape index (κ3) is 4.67. The summed E-state index contributed by atoms with van der Waals surface area (Å²) in [6.07, 6.45) is 3.89. The van der Waals surface area contributed by atoms with Crippen LogP contribution in [0.5, 0.6) is 5.75 Å². The molecule has 2 aromatic carbocycles. The Hall–Kier alpha value is -2.20. The molecule has 0 aliphatic carbocycles. The minimum Gasteiger partial charge on any atom is -0.492 e. The first kappa shape index (κ1) is 17.6. The van der Waals surface area contributed by atoms with Crippen LogP contribution in [0.2, 0.25) is 0 Å². The van der Waals surface area contributed by atoms with Crippen LogP contribution in [0.4, 0.5) is 4.39 Å². The zero-order valence-corrected chi connectivity index (χ0v) is 14.6. The molecule has 0 radical (unpaired) electrons. The number of aryl methyl sites for hydroxylation is 1. The summed E-state index contributed by atoms with van der Waals surface area (Å²) in [4.78, 5) is 14.9. The van der Waals surface area contributed by atoms with Crippen LogP contribution >= 0.6 is 0 Å². The quantitative estimate of drug-likeness (QED) is 0.737. The van der Waals surface area contributed by atoms with Gasteiger partial charge >= 0.3 is 0 Å². The van der Waals surface area contributed by atoms with Crippen molar-refractivity contribution in [3.05, 3.63) is 65.0 Å². The molecule has 0 atom stereocenters. The Morgan fingerprint density at radius 2 is 1.72 bits per heavy atom. The number of hydrogen-bond donors (Lipinski definition) is 0. The summed E-state index contributed by atoms with van der Waals surface area (Å²) in [5.74, 6) is 0.362. The highest BCUT2D eigenvalue weighted by Crippen LogP contribution is 2.21. The Labute approximate surface area is 148 Å². The maximum Gasteiger partial charge on any atom is 0.193 e. The highest BCUT2D eigenvalue weighted by atomic mass is 19.1. The minimum absolute atomic E-state index is 0.108. The summed E-state index contributed by atoms with van der Waals surface area (Å²) in [6.45, 7) is 5.86. The minimum atomic E-state index is -0.342. The van der Waals surface area contributed by atoms with E-state index in [9.17, 15) is 9.18 Å². The molecule has 132 valence electrons. The van der Waals surface area contributed by atoms with Gasteiger partial charge in [-0.3, -0.25) is 9.69 Å². The molecule has 1 saturated heterocycles. The van der Waals surface area contributed by atoms with Crippen LogP contribution in [0.15, 0.2) is 42.5 Å². The molecule has 0 unspecified atom stereocenters. The molecule has 0 amide bonds. The molecule has 0 bridgehead atoms. The Morgan fingerprint density at radius 1 is 1.04 bits per heavy atom. The second kappa shape index (κ2) is 8.26. The van der Waals surface area contributed by atoms with Gasteiger partial charge in [-0.15, -0.1) is 0 Å². The fraction of sp³-hybridized carbons (Fsp3) is 0.381.